The molecule has 29 heavy (non-hydrogen) atoms. The van der Waals surface area contributed by atoms with Gasteiger partial charge in [-0.25, -0.2) is 0 Å². The van der Waals surface area contributed by atoms with E-state index in [-0.39, 0.29) is 24.1 Å². The molecule has 0 bridgehead atoms. The molecule has 1 saturated heterocycles. The van der Waals surface area contributed by atoms with Crippen LogP contribution in [0.2, 0.25) is 0 Å². The second-order valence-electron chi connectivity index (χ2n) is 7.49. The largest absolute Gasteiger partial charge is 0.469 e. The van der Waals surface area contributed by atoms with Gasteiger partial charge in [0.2, 0.25) is 11.8 Å². The molecular formula is C19H23N5O4S. The molecule has 1 spiro atoms. The molecule has 2 aromatic rings. The minimum absolute atomic E-state index is 0.0799. The first-order valence-corrected chi connectivity index (χ1v) is 10.6. The molecule has 0 atom stereocenters. The summed E-state index contributed by atoms with van der Waals surface area (Å²) in [4.78, 5) is 39.1. The molecule has 2 aliphatic rings. The van der Waals surface area contributed by atoms with Crippen LogP contribution in [0.15, 0.2) is 21.9 Å². The maximum Gasteiger partial charge on any atom is 0.252 e. The summed E-state index contributed by atoms with van der Waals surface area (Å²) in [5, 5.41) is 11.4. The van der Waals surface area contributed by atoms with Crippen LogP contribution in [0.25, 0.3) is 11.4 Å². The predicted octanol–water partition coefficient (Wildman–Crippen LogP) is 1.66. The molecule has 1 aliphatic heterocycles. The Labute approximate surface area is 172 Å². The normalized spacial score (nSPS) is 18.9. The van der Waals surface area contributed by atoms with E-state index in [1.807, 2.05) is 20.0 Å². The summed E-state index contributed by atoms with van der Waals surface area (Å²) in [5.41, 5.74) is -0.0550. The first kappa shape index (κ1) is 19.7. The van der Waals surface area contributed by atoms with Gasteiger partial charge in [-0.3, -0.25) is 19.7 Å². The summed E-state index contributed by atoms with van der Waals surface area (Å²) in [6, 6.07) is 1.82. The summed E-state index contributed by atoms with van der Waals surface area (Å²) in [7, 11) is 1.83. The maximum absolute atomic E-state index is 13.0. The van der Waals surface area contributed by atoms with Crippen molar-refractivity contribution in [3.63, 3.8) is 0 Å². The fourth-order valence-electron chi connectivity index (χ4n) is 4.16. The second kappa shape index (κ2) is 7.66. The average molecular weight is 417 g/mol. The van der Waals surface area contributed by atoms with E-state index in [2.05, 4.69) is 15.5 Å². The Morgan fingerprint density at radius 2 is 2.03 bits per heavy atom. The van der Waals surface area contributed by atoms with E-state index in [0.717, 1.165) is 30.6 Å². The van der Waals surface area contributed by atoms with Gasteiger partial charge in [0.15, 0.2) is 11.0 Å². The first-order valence-electron chi connectivity index (χ1n) is 9.64. The van der Waals surface area contributed by atoms with Gasteiger partial charge < -0.3 is 13.9 Å². The smallest absolute Gasteiger partial charge is 0.252 e. The van der Waals surface area contributed by atoms with Crippen molar-refractivity contribution in [1.29, 1.82) is 0 Å². The Hall–Kier alpha value is -2.62. The number of rotatable bonds is 4. The zero-order valence-electron chi connectivity index (χ0n) is 16.4. The predicted molar refractivity (Wildman–Crippen MR) is 105 cm³/mol. The Kier molecular flexibility index (Phi) is 5.20. The van der Waals surface area contributed by atoms with Gasteiger partial charge in [0.25, 0.3) is 5.91 Å². The van der Waals surface area contributed by atoms with E-state index in [0.29, 0.717) is 23.8 Å². The summed E-state index contributed by atoms with van der Waals surface area (Å²) < 4.78 is 7.13. The summed E-state index contributed by atoms with van der Waals surface area (Å²) >= 11 is 1.25. The Bertz CT molecular complexity index is 960. The Morgan fingerprint density at radius 3 is 2.72 bits per heavy atom. The van der Waals surface area contributed by atoms with Crippen LogP contribution in [0.3, 0.4) is 0 Å². The van der Waals surface area contributed by atoms with Gasteiger partial charge in [-0.2, -0.15) is 0 Å². The second-order valence-corrected chi connectivity index (χ2v) is 8.44. The van der Waals surface area contributed by atoms with Crippen LogP contribution < -0.4 is 5.32 Å². The first-order chi connectivity index (χ1) is 13.9. The lowest BCUT2D eigenvalue weighted by atomic mass is 9.78. The highest BCUT2D eigenvalue weighted by molar-refractivity contribution is 7.99. The van der Waals surface area contributed by atoms with Gasteiger partial charge in [0.1, 0.15) is 17.8 Å². The van der Waals surface area contributed by atoms with Gasteiger partial charge in [-0.05, 0) is 25.8 Å². The molecule has 154 valence electrons. The zero-order chi connectivity index (χ0) is 20.6. The number of amides is 3. The van der Waals surface area contributed by atoms with Crippen LogP contribution >= 0.6 is 11.8 Å². The number of nitrogens with one attached hydrogen (secondary N) is 1. The standard InChI is InChI=1S/C19H23N5O4S/c1-12-13(6-9-28-12)16-21-22-18(23(16)2)29-11-15(26)24-10-14(25)20-17(27)19(24)7-4-3-5-8-19/h6,9H,3-5,7-8,10-11H2,1-2H3,(H,20,25,27). The van der Waals surface area contributed by atoms with E-state index in [9.17, 15) is 14.4 Å². The van der Waals surface area contributed by atoms with Crippen molar-refractivity contribution in [2.75, 3.05) is 12.3 Å². The van der Waals surface area contributed by atoms with Crippen LogP contribution in [-0.4, -0.2) is 55.2 Å². The molecule has 1 saturated carbocycles. The molecule has 1 aliphatic carbocycles. The third-order valence-corrected chi connectivity index (χ3v) is 6.74. The third kappa shape index (κ3) is 3.45. The number of furan rings is 1. The molecular weight excluding hydrogens is 394 g/mol. The van der Waals surface area contributed by atoms with Crippen molar-refractivity contribution in [1.82, 2.24) is 25.0 Å². The molecule has 9 nitrogen and oxygen atoms in total. The quantitative estimate of drug-likeness (QED) is 0.595. The molecule has 4 rings (SSSR count). The van der Waals surface area contributed by atoms with E-state index in [1.54, 1.807) is 10.8 Å². The van der Waals surface area contributed by atoms with Crippen LogP contribution in [0.1, 0.15) is 37.9 Å². The molecule has 0 aromatic carbocycles. The van der Waals surface area contributed by atoms with Crippen molar-refractivity contribution < 1.29 is 18.8 Å². The number of carbonyl (C=O) groups is 3. The van der Waals surface area contributed by atoms with Crippen molar-refractivity contribution in [3.05, 3.63) is 18.1 Å². The minimum atomic E-state index is -0.900. The van der Waals surface area contributed by atoms with Crippen molar-refractivity contribution in [2.24, 2.45) is 7.05 Å². The lowest BCUT2D eigenvalue weighted by Crippen LogP contribution is -2.69. The molecule has 2 fully saturated rings. The van der Waals surface area contributed by atoms with Crippen molar-refractivity contribution in [2.45, 2.75) is 49.7 Å². The fraction of sp³-hybridized carbons (Fsp3) is 0.526. The molecule has 3 amide bonds. The summed E-state index contributed by atoms with van der Waals surface area (Å²) in [6.07, 6.45) is 5.56. The number of hydrogen-bond donors (Lipinski definition) is 1. The lowest BCUT2D eigenvalue weighted by molar-refractivity contribution is -0.158. The minimum Gasteiger partial charge on any atom is -0.469 e. The fourth-order valence-corrected chi connectivity index (χ4v) is 4.94. The zero-order valence-corrected chi connectivity index (χ0v) is 17.3. The molecule has 0 radical (unpaired) electrons. The number of imide groups is 1. The highest BCUT2D eigenvalue weighted by Gasteiger charge is 2.50. The highest BCUT2D eigenvalue weighted by atomic mass is 32.2. The van der Waals surface area contributed by atoms with E-state index in [1.165, 1.54) is 16.7 Å². The van der Waals surface area contributed by atoms with E-state index < -0.39 is 11.4 Å². The van der Waals surface area contributed by atoms with Crippen molar-refractivity contribution >= 4 is 29.5 Å². The number of thioether (sulfide) groups is 1. The number of hydrogen-bond acceptors (Lipinski definition) is 7. The average Bonchev–Trinajstić information content (AvgIpc) is 3.28. The monoisotopic (exact) mass is 417 g/mol. The Balaban J connectivity index is 1.50. The topological polar surface area (TPSA) is 110 Å². The van der Waals surface area contributed by atoms with Crippen LogP contribution in [0.4, 0.5) is 0 Å². The number of aromatic nitrogens is 3. The molecule has 3 heterocycles. The van der Waals surface area contributed by atoms with Gasteiger partial charge in [0, 0.05) is 7.05 Å². The van der Waals surface area contributed by atoms with Crippen LogP contribution in [-0.2, 0) is 21.4 Å². The van der Waals surface area contributed by atoms with Crippen LogP contribution in [0.5, 0.6) is 0 Å². The number of aryl methyl sites for hydroxylation is 1. The molecule has 0 unspecified atom stereocenters. The highest BCUT2D eigenvalue weighted by Crippen LogP contribution is 2.36. The van der Waals surface area contributed by atoms with Gasteiger partial charge in [0.05, 0.1) is 17.6 Å². The SMILES string of the molecule is Cc1occc1-c1nnc(SCC(=O)N2CC(=O)NC(=O)C23CCCCC3)n1C. The molecule has 1 N–H and O–H groups in total. The van der Waals surface area contributed by atoms with Gasteiger partial charge in [-0.1, -0.05) is 31.0 Å². The molecule has 2 aromatic heterocycles. The van der Waals surface area contributed by atoms with Gasteiger partial charge in [-0.15, -0.1) is 10.2 Å². The summed E-state index contributed by atoms with van der Waals surface area (Å²) in [6.45, 7) is 1.77. The van der Waals surface area contributed by atoms with Gasteiger partial charge >= 0.3 is 0 Å². The number of carbonyl (C=O) groups excluding carboxylic acids is 3. The third-order valence-electron chi connectivity index (χ3n) is 5.74. The maximum atomic E-state index is 13.0. The van der Waals surface area contributed by atoms with E-state index >= 15 is 0 Å². The molecule has 10 heteroatoms. The van der Waals surface area contributed by atoms with Crippen molar-refractivity contribution in [3.8, 4) is 11.4 Å². The van der Waals surface area contributed by atoms with Crippen LogP contribution in [0, 0.1) is 6.92 Å². The number of piperazine rings is 1. The van der Waals surface area contributed by atoms with E-state index in [4.69, 9.17) is 4.42 Å². The Morgan fingerprint density at radius 1 is 1.28 bits per heavy atom. The number of nitrogens with zero attached hydrogens (tertiary/aromatic N) is 4. The lowest BCUT2D eigenvalue weighted by Gasteiger charge is -2.47. The summed E-state index contributed by atoms with van der Waals surface area (Å²) in [5.74, 6) is 0.472.